The summed E-state index contributed by atoms with van der Waals surface area (Å²) in [6, 6.07) is 38.5. The van der Waals surface area contributed by atoms with E-state index in [1.807, 2.05) is 72.8 Å². The van der Waals surface area contributed by atoms with Crippen molar-refractivity contribution in [3.63, 3.8) is 0 Å². The number of hydrogen-bond acceptors (Lipinski definition) is 8. The van der Waals surface area contributed by atoms with Crippen molar-refractivity contribution in [3.8, 4) is 5.75 Å². The highest BCUT2D eigenvalue weighted by atomic mass is 32.2. The van der Waals surface area contributed by atoms with Crippen LogP contribution in [-0.2, 0) is 25.9 Å². The lowest BCUT2D eigenvalue weighted by Gasteiger charge is -2.30. The third-order valence-electron chi connectivity index (χ3n) is 8.35. The van der Waals surface area contributed by atoms with Gasteiger partial charge in [0, 0.05) is 31.6 Å². The number of carbonyl (C=O) groups excluding carboxylic acids is 1. The summed E-state index contributed by atoms with van der Waals surface area (Å²) in [6.07, 6.45) is -0.550. The van der Waals surface area contributed by atoms with E-state index in [1.54, 1.807) is 54.6 Å². The summed E-state index contributed by atoms with van der Waals surface area (Å²) in [6.45, 7) is 0.732. The maximum atomic E-state index is 14.4. The van der Waals surface area contributed by atoms with Gasteiger partial charge in [0.25, 0.3) is 5.91 Å². The Morgan fingerprint density at radius 3 is 2.29 bits per heavy atom. The molecule has 246 valence electrons. The highest BCUT2D eigenvalue weighted by Crippen LogP contribution is 2.43. The van der Waals surface area contributed by atoms with Crippen molar-refractivity contribution in [2.45, 2.75) is 35.9 Å². The average Bonchev–Trinajstić information content (AvgIpc) is 3.53. The first-order chi connectivity index (χ1) is 23.4. The Balaban J connectivity index is 1.34. The van der Waals surface area contributed by atoms with Crippen molar-refractivity contribution in [3.05, 3.63) is 144 Å². The van der Waals surface area contributed by atoms with Crippen molar-refractivity contribution in [1.82, 2.24) is 10.9 Å². The minimum absolute atomic E-state index is 0.0323. The Kier molecular flexibility index (Phi) is 10.1. The summed E-state index contributed by atoms with van der Waals surface area (Å²) >= 11 is 0. The predicted molar refractivity (Wildman–Crippen MR) is 185 cm³/mol. The fourth-order valence-corrected chi connectivity index (χ4v) is 7.20. The molecule has 1 heterocycles. The molecule has 1 aliphatic rings. The van der Waals surface area contributed by atoms with Crippen LogP contribution < -0.4 is 15.6 Å². The number of benzene rings is 5. The van der Waals surface area contributed by atoms with Crippen LogP contribution in [0, 0.1) is 0 Å². The van der Waals surface area contributed by atoms with Crippen LogP contribution in [0.25, 0.3) is 10.8 Å². The van der Waals surface area contributed by atoms with E-state index >= 15 is 0 Å². The number of nitrogens with one attached hydrogen (secondary N) is 2. The molecule has 9 nitrogen and oxygen atoms in total. The number of hydrogen-bond donors (Lipinski definition) is 3. The Hall–Kier alpha value is -5.03. The van der Waals surface area contributed by atoms with Crippen molar-refractivity contribution in [2.24, 2.45) is 4.99 Å². The van der Waals surface area contributed by atoms with Gasteiger partial charge in [0.15, 0.2) is 21.5 Å². The Morgan fingerprint density at radius 2 is 1.54 bits per heavy atom. The van der Waals surface area contributed by atoms with E-state index in [1.165, 1.54) is 0 Å². The molecule has 48 heavy (non-hydrogen) atoms. The van der Waals surface area contributed by atoms with Crippen LogP contribution in [0.5, 0.6) is 5.75 Å². The minimum Gasteiger partial charge on any atom is -0.494 e. The van der Waals surface area contributed by atoms with E-state index in [0.29, 0.717) is 36.4 Å². The van der Waals surface area contributed by atoms with Gasteiger partial charge in [-0.3, -0.25) is 10.2 Å². The zero-order chi connectivity index (χ0) is 33.4. The fraction of sp³-hybridized carbons (Fsp3) is 0.211. The van der Waals surface area contributed by atoms with Gasteiger partial charge in [-0.05, 0) is 58.3 Å². The fourth-order valence-electron chi connectivity index (χ4n) is 5.81. The van der Waals surface area contributed by atoms with E-state index in [0.717, 1.165) is 16.3 Å². The zero-order valence-electron chi connectivity index (χ0n) is 26.3. The average molecular weight is 664 g/mol. The zero-order valence-corrected chi connectivity index (χ0v) is 27.1. The molecule has 0 aliphatic carbocycles. The number of ether oxygens (including phenoxy) is 2. The van der Waals surface area contributed by atoms with Gasteiger partial charge in [0.1, 0.15) is 5.75 Å². The number of sulfone groups is 1. The Morgan fingerprint density at radius 1 is 0.854 bits per heavy atom. The number of aliphatic hydroxyl groups excluding tert-OH is 1. The molecule has 1 aliphatic heterocycles. The summed E-state index contributed by atoms with van der Waals surface area (Å²) in [7, 11) is -3.77. The molecule has 0 saturated heterocycles. The van der Waals surface area contributed by atoms with Gasteiger partial charge < -0.3 is 14.6 Å². The smallest absolute Gasteiger partial charge is 0.266 e. The topological polar surface area (TPSA) is 126 Å². The van der Waals surface area contributed by atoms with Crippen LogP contribution in [0.3, 0.4) is 0 Å². The minimum atomic E-state index is -3.77. The van der Waals surface area contributed by atoms with Gasteiger partial charge in [-0.15, -0.1) is 0 Å². The number of amides is 1. The van der Waals surface area contributed by atoms with E-state index in [9.17, 15) is 13.2 Å². The second kappa shape index (κ2) is 14.8. The number of aliphatic hydroxyl groups is 1. The number of rotatable bonds is 14. The lowest BCUT2D eigenvalue weighted by atomic mass is 9.85. The molecule has 0 fully saturated rings. The normalized spacial score (nSPS) is 17.4. The van der Waals surface area contributed by atoms with Crippen molar-refractivity contribution < 1.29 is 27.8 Å². The number of carbonyl (C=O) groups is 1. The highest BCUT2D eigenvalue weighted by molar-refractivity contribution is 7.91. The molecular formula is C38H37N3O6S. The third-order valence-corrected chi connectivity index (χ3v) is 10.1. The first kappa shape index (κ1) is 32.9. The van der Waals surface area contributed by atoms with E-state index in [-0.39, 0.29) is 29.6 Å². The first-order valence-corrected chi connectivity index (χ1v) is 17.5. The maximum Gasteiger partial charge on any atom is 0.266 e. The highest BCUT2D eigenvalue weighted by Gasteiger charge is 2.53. The van der Waals surface area contributed by atoms with Crippen LogP contribution in [-0.4, -0.2) is 49.8 Å². The van der Waals surface area contributed by atoms with Crippen molar-refractivity contribution >= 4 is 32.4 Å². The van der Waals surface area contributed by atoms with Crippen LogP contribution in [0.2, 0.25) is 0 Å². The van der Waals surface area contributed by atoms with Gasteiger partial charge in [0.2, 0.25) is 5.90 Å². The molecule has 2 atom stereocenters. The lowest BCUT2D eigenvalue weighted by Crippen LogP contribution is -2.53. The molecule has 10 heteroatoms. The molecule has 0 bridgehead atoms. The second-order valence-corrected chi connectivity index (χ2v) is 13.6. The van der Waals surface area contributed by atoms with Gasteiger partial charge in [-0.1, -0.05) is 91.0 Å². The number of hydrazine groups is 1. The lowest BCUT2D eigenvalue weighted by molar-refractivity contribution is -0.130. The first-order valence-electron chi connectivity index (χ1n) is 15.8. The molecule has 0 saturated carbocycles. The largest absolute Gasteiger partial charge is 0.494 e. The summed E-state index contributed by atoms with van der Waals surface area (Å²) in [5, 5.41) is 11.2. The van der Waals surface area contributed by atoms with E-state index < -0.39 is 27.4 Å². The number of fused-ring (bicyclic) bond motifs is 1. The molecular weight excluding hydrogens is 627 g/mol. The second-order valence-electron chi connectivity index (χ2n) is 11.5. The van der Waals surface area contributed by atoms with Crippen LogP contribution >= 0.6 is 0 Å². The van der Waals surface area contributed by atoms with Gasteiger partial charge in [-0.25, -0.2) is 18.8 Å². The predicted octanol–water partition coefficient (Wildman–Crippen LogP) is 5.54. The Bertz CT molecular complexity index is 1980. The molecule has 6 rings (SSSR count). The quantitative estimate of drug-likeness (QED) is 0.105. The Labute approximate surface area is 280 Å². The van der Waals surface area contributed by atoms with Gasteiger partial charge >= 0.3 is 0 Å². The monoisotopic (exact) mass is 663 g/mol. The maximum absolute atomic E-state index is 14.4. The van der Waals surface area contributed by atoms with Crippen LogP contribution in [0.15, 0.2) is 137 Å². The third kappa shape index (κ3) is 7.26. The van der Waals surface area contributed by atoms with Crippen LogP contribution in [0.1, 0.15) is 35.6 Å². The van der Waals surface area contributed by atoms with Gasteiger partial charge in [-0.2, -0.15) is 0 Å². The molecule has 3 N–H and O–H groups in total. The summed E-state index contributed by atoms with van der Waals surface area (Å²) < 4.78 is 39.3. The van der Waals surface area contributed by atoms with Crippen molar-refractivity contribution in [1.29, 1.82) is 0 Å². The molecule has 1 amide bonds. The summed E-state index contributed by atoms with van der Waals surface area (Å²) in [5.74, 6) is -0.0265. The molecule has 5 aromatic carbocycles. The van der Waals surface area contributed by atoms with Crippen molar-refractivity contribution in [2.75, 3.05) is 19.0 Å². The number of aliphatic imine (C=N–C) groups is 1. The van der Waals surface area contributed by atoms with E-state index in [4.69, 9.17) is 19.6 Å². The van der Waals surface area contributed by atoms with E-state index in [2.05, 4.69) is 10.9 Å². The molecule has 0 aromatic heterocycles. The van der Waals surface area contributed by atoms with Crippen LogP contribution in [0.4, 0.5) is 0 Å². The van der Waals surface area contributed by atoms with Gasteiger partial charge in [0.05, 0.1) is 17.3 Å². The molecule has 0 radical (unpaired) electrons. The SMILES string of the molecule is O=C(NNCc1cccc2ccccc12)[C@@]1(CCS(=O)(=O)c2ccccc2)N=C(c2ccc(OCCCO)cc2)O[C@H]1c1ccccc1. The molecule has 0 spiro atoms. The molecule has 0 unspecified atom stereocenters. The summed E-state index contributed by atoms with van der Waals surface area (Å²) in [4.78, 5) is 19.5. The summed E-state index contributed by atoms with van der Waals surface area (Å²) in [5.41, 5.74) is 6.57. The number of nitrogens with zero attached hydrogens (tertiary/aromatic N) is 1. The standard InChI is InChI=1S/C38H37N3O6S/c42-24-10-25-46-32-21-19-30(20-22-32)36-40-38(35(47-36)29-12-3-1-4-13-29,23-26-48(44,45)33-16-5-2-6-17-33)37(43)41-39-27-31-15-9-14-28-11-7-8-18-34(28)31/h1-9,11-22,35,39,42H,10,23-27H2,(H,41,43)/t35-,38-/m0/s1. The molecule has 5 aromatic rings.